The van der Waals surface area contributed by atoms with E-state index in [1.807, 2.05) is 47.6 Å². The first kappa shape index (κ1) is 16.6. The summed E-state index contributed by atoms with van der Waals surface area (Å²) < 4.78 is 0. The summed E-state index contributed by atoms with van der Waals surface area (Å²) in [7, 11) is 4.19. The standard InChI is InChI=1S/C19H24N4O/c1-22(2)17-8-12-23(18(17)13-15-6-10-20-11-7-15)19(24)14-16-5-3-4-9-21-16/h3-7,9-11,17-18H,8,12-14H2,1-2H3/t17-,18+/m1/s1. The molecule has 0 aromatic carbocycles. The van der Waals surface area contributed by atoms with Gasteiger partial charge < -0.3 is 9.80 Å². The Bertz CT molecular complexity index is 660. The molecule has 0 unspecified atom stereocenters. The number of hydrogen-bond donors (Lipinski definition) is 0. The molecule has 0 saturated carbocycles. The second-order valence-corrected chi connectivity index (χ2v) is 6.53. The Hall–Kier alpha value is -2.27. The van der Waals surface area contributed by atoms with Gasteiger partial charge in [-0.2, -0.15) is 0 Å². The minimum atomic E-state index is 0.164. The third-order valence-corrected chi connectivity index (χ3v) is 4.75. The highest BCUT2D eigenvalue weighted by Gasteiger charge is 2.37. The second kappa shape index (κ2) is 7.53. The van der Waals surface area contributed by atoms with Crippen molar-refractivity contribution in [3.05, 3.63) is 60.2 Å². The van der Waals surface area contributed by atoms with E-state index < -0.39 is 0 Å². The first-order valence-electron chi connectivity index (χ1n) is 8.40. The van der Waals surface area contributed by atoms with Gasteiger partial charge in [0.2, 0.25) is 5.91 Å². The van der Waals surface area contributed by atoms with Gasteiger partial charge in [-0.25, -0.2) is 0 Å². The highest BCUT2D eigenvalue weighted by atomic mass is 16.2. The summed E-state index contributed by atoms with van der Waals surface area (Å²) in [6.07, 6.45) is 7.61. The number of amides is 1. The smallest absolute Gasteiger partial charge is 0.228 e. The fourth-order valence-corrected chi connectivity index (χ4v) is 3.52. The number of carbonyl (C=O) groups is 1. The second-order valence-electron chi connectivity index (χ2n) is 6.53. The zero-order chi connectivity index (χ0) is 16.9. The Kier molecular flexibility index (Phi) is 5.20. The minimum absolute atomic E-state index is 0.164. The van der Waals surface area contributed by atoms with Crippen LogP contribution < -0.4 is 0 Å². The van der Waals surface area contributed by atoms with Crippen molar-refractivity contribution >= 4 is 5.91 Å². The molecular weight excluding hydrogens is 300 g/mol. The van der Waals surface area contributed by atoms with Gasteiger partial charge in [0.25, 0.3) is 0 Å². The van der Waals surface area contributed by atoms with Gasteiger partial charge in [-0.3, -0.25) is 14.8 Å². The third kappa shape index (κ3) is 3.79. The van der Waals surface area contributed by atoms with E-state index in [-0.39, 0.29) is 11.9 Å². The van der Waals surface area contributed by atoms with Gasteiger partial charge in [0.05, 0.1) is 12.5 Å². The summed E-state index contributed by atoms with van der Waals surface area (Å²) in [4.78, 5) is 25.5. The molecule has 0 bridgehead atoms. The maximum absolute atomic E-state index is 12.8. The van der Waals surface area contributed by atoms with Crippen LogP contribution in [0.1, 0.15) is 17.7 Å². The topological polar surface area (TPSA) is 49.3 Å². The molecule has 0 spiro atoms. The fraction of sp³-hybridized carbons (Fsp3) is 0.421. The van der Waals surface area contributed by atoms with E-state index >= 15 is 0 Å². The van der Waals surface area contributed by atoms with Crippen LogP contribution in [0.25, 0.3) is 0 Å². The SMILES string of the molecule is CN(C)[C@@H]1CCN(C(=O)Cc2ccccn2)[C@H]1Cc1ccncc1. The van der Waals surface area contributed by atoms with E-state index in [1.165, 1.54) is 5.56 Å². The summed E-state index contributed by atoms with van der Waals surface area (Å²) in [6.45, 7) is 0.810. The number of aromatic nitrogens is 2. The fourth-order valence-electron chi connectivity index (χ4n) is 3.52. The summed E-state index contributed by atoms with van der Waals surface area (Å²) in [6, 6.07) is 10.4. The van der Waals surface area contributed by atoms with Gasteiger partial charge in [-0.1, -0.05) is 6.07 Å². The number of pyridine rings is 2. The number of rotatable bonds is 5. The largest absolute Gasteiger partial charge is 0.337 e. The van der Waals surface area contributed by atoms with Crippen molar-refractivity contribution in [1.82, 2.24) is 19.8 Å². The van der Waals surface area contributed by atoms with Gasteiger partial charge in [-0.15, -0.1) is 0 Å². The predicted molar refractivity (Wildman–Crippen MR) is 93.5 cm³/mol. The van der Waals surface area contributed by atoms with Crippen LogP contribution in [-0.2, 0) is 17.6 Å². The van der Waals surface area contributed by atoms with Crippen molar-refractivity contribution in [2.24, 2.45) is 0 Å². The van der Waals surface area contributed by atoms with E-state index in [4.69, 9.17) is 0 Å². The lowest BCUT2D eigenvalue weighted by atomic mass is 10.00. The molecular formula is C19H24N4O. The van der Waals surface area contributed by atoms with E-state index in [2.05, 4.69) is 29.0 Å². The first-order chi connectivity index (χ1) is 11.6. The van der Waals surface area contributed by atoms with Gasteiger partial charge in [0, 0.05) is 36.9 Å². The number of hydrogen-bond acceptors (Lipinski definition) is 4. The monoisotopic (exact) mass is 324 g/mol. The van der Waals surface area contributed by atoms with Crippen LogP contribution in [0.2, 0.25) is 0 Å². The molecule has 1 amide bonds. The lowest BCUT2D eigenvalue weighted by Crippen LogP contribution is -2.46. The van der Waals surface area contributed by atoms with Crippen molar-refractivity contribution in [3.8, 4) is 0 Å². The average Bonchev–Trinajstić information content (AvgIpc) is 3.00. The molecule has 2 atom stereocenters. The molecule has 5 heteroatoms. The normalized spacial score (nSPS) is 20.5. The minimum Gasteiger partial charge on any atom is -0.337 e. The molecule has 1 saturated heterocycles. The molecule has 5 nitrogen and oxygen atoms in total. The quantitative estimate of drug-likeness (QED) is 0.841. The van der Waals surface area contributed by atoms with Gasteiger partial charge in [0.15, 0.2) is 0 Å². The van der Waals surface area contributed by atoms with Crippen LogP contribution >= 0.6 is 0 Å². The Labute approximate surface area is 143 Å². The number of likely N-dealkylation sites (N-methyl/N-ethyl adjacent to an activating group) is 1. The van der Waals surface area contributed by atoms with Gasteiger partial charge >= 0.3 is 0 Å². The number of carbonyl (C=O) groups excluding carboxylic acids is 1. The van der Waals surface area contributed by atoms with Crippen molar-refractivity contribution < 1.29 is 4.79 Å². The lowest BCUT2D eigenvalue weighted by molar-refractivity contribution is -0.131. The van der Waals surface area contributed by atoms with E-state index in [1.54, 1.807) is 6.20 Å². The van der Waals surface area contributed by atoms with Crippen molar-refractivity contribution in [2.75, 3.05) is 20.6 Å². The molecule has 0 aliphatic carbocycles. The highest BCUT2D eigenvalue weighted by Crippen LogP contribution is 2.25. The van der Waals surface area contributed by atoms with E-state index in [0.717, 1.165) is 25.1 Å². The summed E-state index contributed by atoms with van der Waals surface area (Å²) >= 11 is 0. The molecule has 3 heterocycles. The van der Waals surface area contributed by atoms with Crippen LogP contribution in [0.3, 0.4) is 0 Å². The Morgan fingerprint density at radius 3 is 2.67 bits per heavy atom. The summed E-state index contributed by atoms with van der Waals surface area (Å²) in [5.74, 6) is 0.164. The molecule has 1 aliphatic heterocycles. The summed E-state index contributed by atoms with van der Waals surface area (Å²) in [5, 5.41) is 0. The van der Waals surface area contributed by atoms with Gasteiger partial charge in [0.1, 0.15) is 0 Å². The summed E-state index contributed by atoms with van der Waals surface area (Å²) in [5.41, 5.74) is 2.05. The van der Waals surface area contributed by atoms with Crippen molar-refractivity contribution in [1.29, 1.82) is 0 Å². The van der Waals surface area contributed by atoms with Crippen LogP contribution in [0.15, 0.2) is 48.9 Å². The number of likely N-dealkylation sites (tertiary alicyclic amines) is 1. The van der Waals surface area contributed by atoms with Gasteiger partial charge in [-0.05, 0) is 56.8 Å². The van der Waals surface area contributed by atoms with E-state index in [9.17, 15) is 4.79 Å². The molecule has 2 aromatic rings. The molecule has 24 heavy (non-hydrogen) atoms. The first-order valence-corrected chi connectivity index (χ1v) is 8.40. The molecule has 0 radical (unpaired) electrons. The highest BCUT2D eigenvalue weighted by molar-refractivity contribution is 5.79. The maximum atomic E-state index is 12.8. The Morgan fingerprint density at radius 1 is 1.21 bits per heavy atom. The van der Waals surface area contributed by atoms with Crippen molar-refractivity contribution in [3.63, 3.8) is 0 Å². The van der Waals surface area contributed by atoms with Crippen LogP contribution in [-0.4, -0.2) is 58.4 Å². The maximum Gasteiger partial charge on any atom is 0.228 e. The molecule has 3 rings (SSSR count). The van der Waals surface area contributed by atoms with Crippen LogP contribution in [0.5, 0.6) is 0 Å². The molecule has 1 aliphatic rings. The molecule has 0 N–H and O–H groups in total. The molecule has 1 fully saturated rings. The van der Waals surface area contributed by atoms with Crippen LogP contribution in [0.4, 0.5) is 0 Å². The van der Waals surface area contributed by atoms with E-state index in [0.29, 0.717) is 12.5 Å². The Morgan fingerprint density at radius 2 is 2.00 bits per heavy atom. The zero-order valence-electron chi connectivity index (χ0n) is 14.3. The third-order valence-electron chi connectivity index (χ3n) is 4.75. The zero-order valence-corrected chi connectivity index (χ0v) is 14.3. The lowest BCUT2D eigenvalue weighted by Gasteiger charge is -2.31. The van der Waals surface area contributed by atoms with Crippen molar-refractivity contribution in [2.45, 2.75) is 31.3 Å². The van der Waals surface area contributed by atoms with Crippen LogP contribution in [0, 0.1) is 0 Å². The molecule has 126 valence electrons. The Balaban J connectivity index is 1.76. The number of nitrogens with zero attached hydrogens (tertiary/aromatic N) is 4. The predicted octanol–water partition coefficient (Wildman–Crippen LogP) is 1.79. The molecule has 2 aromatic heterocycles. The average molecular weight is 324 g/mol.